The molecular weight excluding hydrogens is 319 g/mol. The van der Waals surface area contributed by atoms with Gasteiger partial charge in [-0.15, -0.1) is 0 Å². The molecule has 0 spiro atoms. The van der Waals surface area contributed by atoms with Crippen LogP contribution >= 0.6 is 7.82 Å². The molecule has 0 aromatic heterocycles. The summed E-state index contributed by atoms with van der Waals surface area (Å²) in [5, 5.41) is 0. The Morgan fingerprint density at radius 3 is 2.43 bits per heavy atom. The SMILES string of the molecule is CCOP(=O)(OCC)O[C@H]1CCO[C@@]1(C)C(=O)c1ccccc1. The van der Waals surface area contributed by atoms with Gasteiger partial charge in [0.25, 0.3) is 0 Å². The molecule has 0 aliphatic carbocycles. The van der Waals surface area contributed by atoms with Gasteiger partial charge in [0.2, 0.25) is 0 Å². The maximum absolute atomic E-state index is 12.8. The van der Waals surface area contributed by atoms with Crippen LogP contribution in [-0.4, -0.2) is 37.3 Å². The highest BCUT2D eigenvalue weighted by molar-refractivity contribution is 7.48. The Morgan fingerprint density at radius 2 is 1.87 bits per heavy atom. The fourth-order valence-electron chi connectivity index (χ4n) is 2.56. The minimum atomic E-state index is -3.71. The number of carbonyl (C=O) groups is 1. The molecule has 1 saturated heterocycles. The molecule has 23 heavy (non-hydrogen) atoms. The molecule has 2 atom stereocenters. The molecule has 1 heterocycles. The lowest BCUT2D eigenvalue weighted by molar-refractivity contribution is -0.0282. The Kier molecular flexibility index (Phi) is 6.12. The summed E-state index contributed by atoms with van der Waals surface area (Å²) < 4.78 is 34.2. The van der Waals surface area contributed by atoms with Crippen LogP contribution in [0.1, 0.15) is 37.6 Å². The van der Waals surface area contributed by atoms with Crippen LogP contribution in [0.5, 0.6) is 0 Å². The minimum absolute atomic E-state index is 0.189. The number of benzene rings is 1. The number of carbonyl (C=O) groups excluding carboxylic acids is 1. The Labute approximate surface area is 136 Å². The highest BCUT2D eigenvalue weighted by atomic mass is 31.2. The Balaban J connectivity index is 2.21. The molecule has 6 nitrogen and oxygen atoms in total. The summed E-state index contributed by atoms with van der Waals surface area (Å²) in [6.07, 6.45) is -0.252. The predicted molar refractivity (Wildman–Crippen MR) is 85.5 cm³/mol. The maximum Gasteiger partial charge on any atom is 0.475 e. The van der Waals surface area contributed by atoms with Gasteiger partial charge in [-0.05, 0) is 20.8 Å². The summed E-state index contributed by atoms with van der Waals surface area (Å²) >= 11 is 0. The molecule has 1 aliphatic heterocycles. The van der Waals surface area contributed by atoms with Crippen LogP contribution < -0.4 is 0 Å². The lowest BCUT2D eigenvalue weighted by Crippen LogP contribution is -2.45. The van der Waals surface area contributed by atoms with Crippen molar-refractivity contribution in [2.75, 3.05) is 19.8 Å². The summed E-state index contributed by atoms with van der Waals surface area (Å²) in [6, 6.07) is 8.84. The van der Waals surface area contributed by atoms with E-state index in [4.69, 9.17) is 18.3 Å². The number of phosphoric ester groups is 1. The maximum atomic E-state index is 12.8. The van der Waals surface area contributed by atoms with Gasteiger partial charge in [-0.1, -0.05) is 30.3 Å². The second-order valence-corrected chi connectivity index (χ2v) is 6.94. The second kappa shape index (κ2) is 7.69. The van der Waals surface area contributed by atoms with E-state index in [1.54, 1.807) is 45.0 Å². The van der Waals surface area contributed by atoms with Crippen LogP contribution in [0.3, 0.4) is 0 Å². The smallest absolute Gasteiger partial charge is 0.364 e. The van der Waals surface area contributed by atoms with Gasteiger partial charge >= 0.3 is 7.82 Å². The number of ketones is 1. The van der Waals surface area contributed by atoms with E-state index in [0.29, 0.717) is 18.6 Å². The number of phosphoric acid groups is 1. The van der Waals surface area contributed by atoms with Gasteiger partial charge in [-0.25, -0.2) is 4.57 Å². The molecule has 1 aromatic rings. The van der Waals surface area contributed by atoms with E-state index < -0.39 is 19.5 Å². The number of Topliss-reactive ketones (excluding diaryl/α,β-unsaturated/α-hetero) is 1. The van der Waals surface area contributed by atoms with Crippen LogP contribution in [-0.2, 0) is 22.9 Å². The molecule has 0 N–H and O–H groups in total. The van der Waals surface area contributed by atoms with Crippen molar-refractivity contribution in [2.24, 2.45) is 0 Å². The molecule has 2 rings (SSSR count). The van der Waals surface area contributed by atoms with E-state index in [0.717, 1.165) is 0 Å². The third kappa shape index (κ3) is 4.08. The van der Waals surface area contributed by atoms with Crippen molar-refractivity contribution in [2.45, 2.75) is 38.9 Å². The topological polar surface area (TPSA) is 71.1 Å². The van der Waals surface area contributed by atoms with Crippen molar-refractivity contribution in [3.8, 4) is 0 Å². The first-order chi connectivity index (χ1) is 10.9. The first-order valence-corrected chi connectivity index (χ1v) is 9.22. The first-order valence-electron chi connectivity index (χ1n) is 7.76. The molecule has 0 unspecified atom stereocenters. The molecule has 1 fully saturated rings. The van der Waals surface area contributed by atoms with Crippen molar-refractivity contribution < 1.29 is 27.7 Å². The minimum Gasteiger partial charge on any atom is -0.364 e. The number of rotatable bonds is 8. The van der Waals surface area contributed by atoms with Crippen molar-refractivity contribution in [1.29, 1.82) is 0 Å². The summed E-state index contributed by atoms with van der Waals surface area (Å²) in [6.45, 7) is 5.78. The van der Waals surface area contributed by atoms with E-state index in [9.17, 15) is 9.36 Å². The molecule has 0 bridgehead atoms. The molecular formula is C16H23O6P. The lowest BCUT2D eigenvalue weighted by atomic mass is 9.90. The summed E-state index contributed by atoms with van der Waals surface area (Å²) in [7, 11) is -3.71. The van der Waals surface area contributed by atoms with Gasteiger partial charge in [0.15, 0.2) is 11.4 Å². The summed E-state index contributed by atoms with van der Waals surface area (Å²) in [4.78, 5) is 12.8. The van der Waals surface area contributed by atoms with Gasteiger partial charge in [0, 0.05) is 12.0 Å². The molecule has 0 radical (unpaired) electrons. The quantitative estimate of drug-likeness (QED) is 0.531. The Hall–Kier alpha value is -1.04. The third-order valence-electron chi connectivity index (χ3n) is 3.71. The largest absolute Gasteiger partial charge is 0.475 e. The average molecular weight is 342 g/mol. The fraction of sp³-hybridized carbons (Fsp3) is 0.562. The zero-order chi connectivity index (χ0) is 16.9. The van der Waals surface area contributed by atoms with Crippen molar-refractivity contribution in [3.63, 3.8) is 0 Å². The fourth-order valence-corrected chi connectivity index (χ4v) is 4.00. The highest BCUT2D eigenvalue weighted by Gasteiger charge is 2.50. The van der Waals surface area contributed by atoms with E-state index in [1.807, 2.05) is 6.07 Å². The molecule has 128 valence electrons. The molecule has 0 saturated carbocycles. The van der Waals surface area contributed by atoms with Crippen LogP contribution in [0, 0.1) is 0 Å². The van der Waals surface area contributed by atoms with Gasteiger partial charge in [-0.3, -0.25) is 18.4 Å². The monoisotopic (exact) mass is 342 g/mol. The molecule has 1 aromatic carbocycles. The van der Waals surface area contributed by atoms with E-state index in [1.165, 1.54) is 0 Å². The number of hydrogen-bond donors (Lipinski definition) is 0. The predicted octanol–water partition coefficient (Wildman–Crippen LogP) is 3.61. The molecule has 0 amide bonds. The summed E-state index contributed by atoms with van der Waals surface area (Å²) in [5.41, 5.74) is -0.696. The van der Waals surface area contributed by atoms with Crippen LogP contribution in [0.2, 0.25) is 0 Å². The zero-order valence-electron chi connectivity index (χ0n) is 13.7. The van der Waals surface area contributed by atoms with Crippen LogP contribution in [0.25, 0.3) is 0 Å². The Morgan fingerprint density at radius 1 is 1.26 bits per heavy atom. The molecule has 7 heteroatoms. The highest BCUT2D eigenvalue weighted by Crippen LogP contribution is 2.53. The van der Waals surface area contributed by atoms with E-state index in [2.05, 4.69) is 0 Å². The van der Waals surface area contributed by atoms with Gasteiger partial charge in [0.1, 0.15) is 6.10 Å². The number of ether oxygens (including phenoxy) is 1. The number of hydrogen-bond acceptors (Lipinski definition) is 6. The van der Waals surface area contributed by atoms with Crippen LogP contribution in [0.15, 0.2) is 30.3 Å². The van der Waals surface area contributed by atoms with Crippen molar-refractivity contribution >= 4 is 13.6 Å². The standard InChI is InChI=1S/C16H23O6P/c1-4-20-23(18,21-5-2)22-14-11-12-19-16(14,3)15(17)13-9-7-6-8-10-13/h6-10,14H,4-5,11-12H2,1-3H3/t14-,16+/m0/s1. The average Bonchev–Trinajstić information content (AvgIpc) is 2.89. The second-order valence-electron chi connectivity index (χ2n) is 5.32. The van der Waals surface area contributed by atoms with Gasteiger partial charge in [0.05, 0.1) is 19.8 Å². The normalized spacial score (nSPS) is 24.7. The van der Waals surface area contributed by atoms with Crippen molar-refractivity contribution in [3.05, 3.63) is 35.9 Å². The Bertz CT molecular complexity index is 565. The van der Waals surface area contributed by atoms with Gasteiger partial charge in [-0.2, -0.15) is 0 Å². The van der Waals surface area contributed by atoms with E-state index in [-0.39, 0.29) is 19.0 Å². The lowest BCUT2D eigenvalue weighted by Gasteiger charge is -2.30. The van der Waals surface area contributed by atoms with Gasteiger partial charge < -0.3 is 4.74 Å². The van der Waals surface area contributed by atoms with Crippen molar-refractivity contribution in [1.82, 2.24) is 0 Å². The third-order valence-corrected chi connectivity index (χ3v) is 5.38. The molecule has 1 aliphatic rings. The zero-order valence-corrected chi connectivity index (χ0v) is 14.6. The van der Waals surface area contributed by atoms with E-state index >= 15 is 0 Å². The first kappa shape index (κ1) is 18.3. The summed E-state index contributed by atoms with van der Waals surface area (Å²) in [5.74, 6) is -0.208. The van der Waals surface area contributed by atoms with Crippen LogP contribution in [0.4, 0.5) is 0 Å².